The third-order valence-electron chi connectivity index (χ3n) is 2.47. The van der Waals surface area contributed by atoms with Crippen LogP contribution in [0.5, 0.6) is 0 Å². The van der Waals surface area contributed by atoms with E-state index < -0.39 is 0 Å². The van der Waals surface area contributed by atoms with Gasteiger partial charge in [-0.25, -0.2) is 0 Å². The second kappa shape index (κ2) is 4.89. The van der Waals surface area contributed by atoms with Crippen LogP contribution in [0.1, 0.15) is 48.5 Å². The van der Waals surface area contributed by atoms with Gasteiger partial charge in [0.25, 0.3) is 0 Å². The summed E-state index contributed by atoms with van der Waals surface area (Å²) in [7, 11) is 0. The van der Waals surface area contributed by atoms with E-state index in [-0.39, 0.29) is 12.2 Å². The Morgan fingerprint density at radius 3 is 1.50 bits per heavy atom. The van der Waals surface area contributed by atoms with E-state index in [0.29, 0.717) is 12.1 Å². The van der Waals surface area contributed by atoms with Gasteiger partial charge < -0.3 is 4.81 Å². The first kappa shape index (κ1) is 13.6. The van der Waals surface area contributed by atoms with E-state index in [2.05, 4.69) is 59.1 Å². The number of nitrogens with zero attached hydrogens (tertiary/aromatic N) is 1. The lowest BCUT2D eigenvalue weighted by Crippen LogP contribution is -2.52. The summed E-state index contributed by atoms with van der Waals surface area (Å²) in [6.07, 6.45) is 5.64. The predicted molar refractivity (Wildman–Crippen MR) is 66.4 cm³/mol. The molecule has 0 spiro atoms. The molecular formula is C12H24BN. The first-order valence-corrected chi connectivity index (χ1v) is 5.45. The first-order valence-electron chi connectivity index (χ1n) is 5.45. The number of terminal acetylenes is 1. The fraction of sp³-hybridized carbons (Fsp3) is 0.833. The molecule has 0 aliphatic rings. The van der Waals surface area contributed by atoms with Crippen molar-refractivity contribution in [3.63, 3.8) is 0 Å². The van der Waals surface area contributed by atoms with Gasteiger partial charge in [0.1, 0.15) is 0 Å². The molecule has 0 rings (SSSR count). The Labute approximate surface area is 90.4 Å². The van der Waals surface area contributed by atoms with Crippen LogP contribution in [0.2, 0.25) is 5.31 Å². The van der Waals surface area contributed by atoms with E-state index in [1.165, 1.54) is 0 Å². The van der Waals surface area contributed by atoms with Crippen LogP contribution in [-0.4, -0.2) is 23.7 Å². The topological polar surface area (TPSA) is 3.24 Å². The second-order valence-electron chi connectivity index (χ2n) is 5.57. The molecular weight excluding hydrogens is 169 g/mol. The van der Waals surface area contributed by atoms with Gasteiger partial charge in [-0.05, 0) is 17.4 Å². The highest BCUT2D eigenvalue weighted by Crippen LogP contribution is 2.30. The summed E-state index contributed by atoms with van der Waals surface area (Å²) in [5.41, 5.74) is 0. The summed E-state index contributed by atoms with van der Waals surface area (Å²) in [5, 5.41) is 0.142. The van der Waals surface area contributed by atoms with E-state index in [1.54, 1.807) is 0 Å². The highest BCUT2D eigenvalue weighted by atomic mass is 15.1. The van der Waals surface area contributed by atoms with Gasteiger partial charge >= 0.3 is 6.85 Å². The lowest BCUT2D eigenvalue weighted by molar-refractivity contribution is 0.296. The van der Waals surface area contributed by atoms with E-state index in [0.717, 1.165) is 0 Å². The Kier molecular flexibility index (Phi) is 4.75. The van der Waals surface area contributed by atoms with Crippen LogP contribution in [0.15, 0.2) is 0 Å². The average Bonchev–Trinajstić information content (AvgIpc) is 1.95. The van der Waals surface area contributed by atoms with Crippen LogP contribution in [0.25, 0.3) is 0 Å². The molecule has 0 saturated carbocycles. The molecule has 0 radical (unpaired) electrons. The van der Waals surface area contributed by atoms with Crippen LogP contribution in [0.4, 0.5) is 0 Å². The van der Waals surface area contributed by atoms with Crippen LogP contribution < -0.4 is 0 Å². The van der Waals surface area contributed by atoms with Gasteiger partial charge in [0, 0.05) is 0 Å². The lowest BCUT2D eigenvalue weighted by Gasteiger charge is -2.39. The predicted octanol–water partition coefficient (Wildman–Crippen LogP) is 3.07. The van der Waals surface area contributed by atoms with Crippen molar-refractivity contribution < 1.29 is 0 Å². The fourth-order valence-electron chi connectivity index (χ4n) is 1.98. The van der Waals surface area contributed by atoms with Crippen molar-refractivity contribution in [2.45, 2.75) is 65.9 Å². The van der Waals surface area contributed by atoms with Crippen molar-refractivity contribution in [3.05, 3.63) is 0 Å². The lowest BCUT2D eigenvalue weighted by atomic mass is 9.42. The third kappa shape index (κ3) is 3.38. The standard InChI is InChI=1S/C12H24BN/c1-9-13(12(6,7)8)14(10(2)3)11(4)5/h1,10-11H,2-8H3. The number of hydrogen-bond donors (Lipinski definition) is 0. The normalized spacial score (nSPS) is 12.4. The van der Waals surface area contributed by atoms with Gasteiger partial charge in [0.05, 0.1) is 0 Å². The zero-order valence-electron chi connectivity index (χ0n) is 10.8. The maximum Gasteiger partial charge on any atom is 0.317 e. The summed E-state index contributed by atoms with van der Waals surface area (Å²) in [6.45, 7) is 15.6. The van der Waals surface area contributed by atoms with Gasteiger partial charge in [-0.1, -0.05) is 48.5 Å². The smallest absolute Gasteiger partial charge is 0.317 e. The van der Waals surface area contributed by atoms with Crippen molar-refractivity contribution in [1.82, 2.24) is 4.81 Å². The molecule has 0 unspecified atom stereocenters. The van der Waals surface area contributed by atoms with E-state index in [1.807, 2.05) is 0 Å². The average molecular weight is 193 g/mol. The Morgan fingerprint density at radius 1 is 1.07 bits per heavy atom. The zero-order chi connectivity index (χ0) is 11.5. The van der Waals surface area contributed by atoms with Crippen molar-refractivity contribution in [1.29, 1.82) is 0 Å². The van der Waals surface area contributed by atoms with Gasteiger partial charge in [0.15, 0.2) is 0 Å². The maximum atomic E-state index is 5.64. The van der Waals surface area contributed by atoms with Crippen molar-refractivity contribution in [2.75, 3.05) is 0 Å². The monoisotopic (exact) mass is 193 g/mol. The SMILES string of the molecule is C#CB(N(C(C)C)C(C)C)C(C)(C)C. The van der Waals surface area contributed by atoms with Crippen LogP contribution in [0.3, 0.4) is 0 Å². The highest BCUT2D eigenvalue weighted by molar-refractivity contribution is 6.67. The van der Waals surface area contributed by atoms with Crippen LogP contribution in [0, 0.1) is 12.2 Å². The molecule has 0 saturated heterocycles. The molecule has 0 atom stereocenters. The minimum absolute atomic E-state index is 0.142. The highest BCUT2D eigenvalue weighted by Gasteiger charge is 2.36. The molecule has 0 bridgehead atoms. The summed E-state index contributed by atoms with van der Waals surface area (Å²) in [4.78, 5) is 2.40. The molecule has 0 aromatic heterocycles. The van der Waals surface area contributed by atoms with Gasteiger partial charge in [-0.3, -0.25) is 0 Å². The molecule has 14 heavy (non-hydrogen) atoms. The van der Waals surface area contributed by atoms with Crippen molar-refractivity contribution in [2.24, 2.45) is 0 Å². The molecule has 0 aliphatic carbocycles. The Morgan fingerprint density at radius 2 is 1.43 bits per heavy atom. The largest absolute Gasteiger partial charge is 0.326 e. The Bertz CT molecular complexity index is 199. The minimum Gasteiger partial charge on any atom is -0.326 e. The minimum atomic E-state index is 0.142. The van der Waals surface area contributed by atoms with Crippen LogP contribution >= 0.6 is 0 Å². The molecule has 0 fully saturated rings. The van der Waals surface area contributed by atoms with Crippen molar-refractivity contribution in [3.8, 4) is 12.2 Å². The van der Waals surface area contributed by atoms with E-state index in [9.17, 15) is 0 Å². The first-order chi connectivity index (χ1) is 6.21. The van der Waals surface area contributed by atoms with Crippen LogP contribution in [-0.2, 0) is 0 Å². The van der Waals surface area contributed by atoms with E-state index in [4.69, 9.17) is 6.42 Å². The Balaban J connectivity index is 4.90. The zero-order valence-corrected chi connectivity index (χ0v) is 10.8. The molecule has 0 amide bonds. The molecule has 0 N–H and O–H groups in total. The van der Waals surface area contributed by atoms with E-state index >= 15 is 0 Å². The van der Waals surface area contributed by atoms with Gasteiger partial charge in [-0.2, -0.15) is 0 Å². The molecule has 0 aromatic rings. The summed E-state index contributed by atoms with van der Waals surface area (Å²) in [5.74, 6) is 2.93. The quantitative estimate of drug-likeness (QED) is 0.491. The molecule has 80 valence electrons. The fourth-order valence-corrected chi connectivity index (χ4v) is 1.98. The molecule has 2 heteroatoms. The molecule has 1 nitrogen and oxygen atoms in total. The van der Waals surface area contributed by atoms with Gasteiger partial charge in [-0.15, -0.1) is 12.2 Å². The molecule has 0 aliphatic heterocycles. The van der Waals surface area contributed by atoms with Gasteiger partial charge in [0.2, 0.25) is 0 Å². The summed E-state index contributed by atoms with van der Waals surface area (Å²) >= 11 is 0. The number of hydrogen-bond acceptors (Lipinski definition) is 1. The summed E-state index contributed by atoms with van der Waals surface area (Å²) in [6, 6.07) is 0.991. The van der Waals surface area contributed by atoms with Crippen molar-refractivity contribution >= 4 is 6.85 Å². The maximum absolute atomic E-state index is 5.64. The third-order valence-corrected chi connectivity index (χ3v) is 2.47. The molecule has 0 aromatic carbocycles. The number of rotatable bonds is 3. The Hall–Kier alpha value is -0.415. The summed E-state index contributed by atoms with van der Waals surface area (Å²) < 4.78 is 0. The second-order valence-corrected chi connectivity index (χ2v) is 5.57. The molecule has 0 heterocycles.